The average molecular weight is 528 g/mol. The Hall–Kier alpha value is -4.50. The number of fused-ring (bicyclic) bond motifs is 1. The molecule has 9 heteroatoms. The molecule has 0 spiro atoms. The molecule has 1 amide bonds. The van der Waals surface area contributed by atoms with Gasteiger partial charge < -0.3 is 18.9 Å². The van der Waals surface area contributed by atoms with Gasteiger partial charge in [0.2, 0.25) is 0 Å². The van der Waals surface area contributed by atoms with E-state index in [9.17, 15) is 4.79 Å². The summed E-state index contributed by atoms with van der Waals surface area (Å²) in [6.45, 7) is 0.600. The number of aliphatic imine (C=N–C) groups is 1. The van der Waals surface area contributed by atoms with Crippen LogP contribution in [0, 0.1) is 5.41 Å². The first-order valence-electron chi connectivity index (χ1n) is 11.8. The zero-order chi connectivity index (χ0) is 26.5. The molecule has 192 valence electrons. The molecule has 0 bridgehead atoms. The van der Waals surface area contributed by atoms with E-state index in [0.717, 1.165) is 11.3 Å². The molecule has 0 aliphatic carbocycles. The number of carbonyl (C=O) groups excluding carboxylic acids is 1. The molecule has 1 N–H and O–H groups in total. The van der Waals surface area contributed by atoms with Crippen molar-refractivity contribution in [2.24, 2.45) is 4.99 Å². The van der Waals surface area contributed by atoms with Crippen LogP contribution in [-0.4, -0.2) is 49.2 Å². The number of hydrogen-bond acceptors (Lipinski definition) is 7. The summed E-state index contributed by atoms with van der Waals surface area (Å²) in [6, 6.07) is 22.5. The first-order valence-corrected chi connectivity index (χ1v) is 12.7. The molecule has 0 unspecified atom stereocenters. The molecule has 38 heavy (non-hydrogen) atoms. The quantitative estimate of drug-likeness (QED) is 0.292. The van der Waals surface area contributed by atoms with Crippen LogP contribution in [0.4, 0.5) is 0 Å². The molecule has 0 atom stereocenters. The first-order chi connectivity index (χ1) is 18.6. The summed E-state index contributed by atoms with van der Waals surface area (Å²) in [5, 5.41) is 11.2. The number of ether oxygens (including phenoxy) is 4. The molecule has 5 rings (SSSR count). The first kappa shape index (κ1) is 25.2. The molecule has 8 nitrogen and oxygen atoms in total. The number of nitrogens with zero attached hydrogens (tertiary/aromatic N) is 2. The number of thioether (sulfide) groups is 1. The van der Waals surface area contributed by atoms with Crippen LogP contribution in [0.25, 0.3) is 11.8 Å². The summed E-state index contributed by atoms with van der Waals surface area (Å²) in [5.74, 6) is 1.95. The van der Waals surface area contributed by atoms with Gasteiger partial charge in [-0.3, -0.25) is 15.1 Å². The third kappa shape index (κ3) is 5.14. The second kappa shape index (κ2) is 11.3. The van der Waals surface area contributed by atoms with Gasteiger partial charge in [-0.05, 0) is 41.5 Å². The molecule has 3 aromatic rings. The smallest absolute Gasteiger partial charge is 0.283 e. The molecule has 2 heterocycles. The van der Waals surface area contributed by atoms with Crippen molar-refractivity contribution in [3.8, 4) is 23.0 Å². The lowest BCUT2D eigenvalue weighted by Crippen LogP contribution is -2.38. The Kier molecular flexibility index (Phi) is 7.46. The topological polar surface area (TPSA) is 93.4 Å². The molecular weight excluding hydrogens is 502 g/mol. The highest BCUT2D eigenvalue weighted by Gasteiger charge is 2.36. The molecule has 0 saturated heterocycles. The Bertz CT molecular complexity index is 1470. The Morgan fingerprint density at radius 3 is 2.24 bits per heavy atom. The predicted molar refractivity (Wildman–Crippen MR) is 149 cm³/mol. The zero-order valence-corrected chi connectivity index (χ0v) is 21.7. The summed E-state index contributed by atoms with van der Waals surface area (Å²) in [4.78, 5) is 18.7. The van der Waals surface area contributed by atoms with Gasteiger partial charge in [-0.15, -0.1) is 0 Å². The van der Waals surface area contributed by atoms with Gasteiger partial charge in [0.1, 0.15) is 19.0 Å². The molecule has 3 aromatic carbocycles. The van der Waals surface area contributed by atoms with E-state index >= 15 is 0 Å². The summed E-state index contributed by atoms with van der Waals surface area (Å²) in [5.41, 5.74) is 2.64. The Balaban J connectivity index is 1.30. The largest absolute Gasteiger partial charge is 0.493 e. The van der Waals surface area contributed by atoms with Crippen molar-refractivity contribution in [2.45, 2.75) is 0 Å². The minimum atomic E-state index is -0.454. The van der Waals surface area contributed by atoms with Crippen LogP contribution in [0.15, 0.2) is 88.8 Å². The fraction of sp³-hybridized carbons (Fsp3) is 0.138. The van der Waals surface area contributed by atoms with Crippen LogP contribution in [0.1, 0.15) is 11.1 Å². The van der Waals surface area contributed by atoms with Crippen molar-refractivity contribution < 1.29 is 23.7 Å². The van der Waals surface area contributed by atoms with Gasteiger partial charge in [0.25, 0.3) is 5.91 Å². The monoisotopic (exact) mass is 527 g/mol. The highest BCUT2D eigenvalue weighted by atomic mass is 32.2. The van der Waals surface area contributed by atoms with Gasteiger partial charge >= 0.3 is 0 Å². The molecule has 0 aromatic heterocycles. The van der Waals surface area contributed by atoms with Gasteiger partial charge in [-0.25, -0.2) is 0 Å². The fourth-order valence-electron chi connectivity index (χ4n) is 4.02. The second-order valence-corrected chi connectivity index (χ2v) is 9.02. The van der Waals surface area contributed by atoms with Crippen LogP contribution < -0.4 is 18.9 Å². The lowest BCUT2D eigenvalue weighted by Gasteiger charge is -2.27. The van der Waals surface area contributed by atoms with Crippen LogP contribution in [0.3, 0.4) is 0 Å². The number of hydrogen-bond donors (Lipinski definition) is 1. The third-order valence-corrected chi connectivity index (χ3v) is 6.68. The van der Waals surface area contributed by atoms with Crippen molar-refractivity contribution in [3.63, 3.8) is 0 Å². The van der Waals surface area contributed by atoms with Crippen LogP contribution in [0.2, 0.25) is 0 Å². The fourth-order valence-corrected chi connectivity index (χ4v) is 4.90. The third-order valence-electron chi connectivity index (χ3n) is 5.85. The van der Waals surface area contributed by atoms with Crippen molar-refractivity contribution in [1.82, 2.24) is 4.90 Å². The summed E-state index contributed by atoms with van der Waals surface area (Å²) < 4.78 is 22.4. The molecule has 0 radical (unpaired) electrons. The number of amidine groups is 2. The van der Waals surface area contributed by atoms with Crippen LogP contribution in [-0.2, 0) is 4.79 Å². The van der Waals surface area contributed by atoms with Gasteiger partial charge in [-0.2, -0.15) is 4.99 Å². The lowest BCUT2D eigenvalue weighted by molar-refractivity contribution is -0.114. The minimum Gasteiger partial charge on any atom is -0.493 e. The number of amides is 1. The maximum atomic E-state index is 12.8. The van der Waals surface area contributed by atoms with Gasteiger partial charge in [0.15, 0.2) is 28.2 Å². The maximum absolute atomic E-state index is 12.8. The average Bonchev–Trinajstić information content (AvgIpc) is 3.38. The SMILES string of the molecule is COc1ccccc1OCCOc1ccc(C=C2C(=N)N3C(c4ccccc4)=CSC3=NC2=O)cc1OC. The van der Waals surface area contributed by atoms with E-state index in [-0.39, 0.29) is 18.0 Å². The Morgan fingerprint density at radius 1 is 0.868 bits per heavy atom. The number of nitrogens with one attached hydrogen (secondary N) is 1. The van der Waals surface area contributed by atoms with Gasteiger partial charge in [0.05, 0.1) is 25.5 Å². The van der Waals surface area contributed by atoms with E-state index in [1.165, 1.54) is 11.8 Å². The van der Waals surface area contributed by atoms with E-state index in [0.29, 0.717) is 40.3 Å². The van der Waals surface area contributed by atoms with E-state index in [1.807, 2.05) is 60.0 Å². The molecule has 0 saturated carbocycles. The summed E-state index contributed by atoms with van der Waals surface area (Å²) in [7, 11) is 3.14. The van der Waals surface area contributed by atoms with Gasteiger partial charge in [-0.1, -0.05) is 60.3 Å². The molecule has 0 fully saturated rings. The second-order valence-electron chi connectivity index (χ2n) is 8.19. The zero-order valence-electron chi connectivity index (χ0n) is 20.8. The summed E-state index contributed by atoms with van der Waals surface area (Å²) >= 11 is 1.33. The van der Waals surface area contributed by atoms with Gasteiger partial charge in [0, 0.05) is 5.41 Å². The highest BCUT2D eigenvalue weighted by molar-refractivity contribution is 8.17. The molecule has 2 aliphatic heterocycles. The van der Waals surface area contributed by atoms with Crippen molar-refractivity contribution in [2.75, 3.05) is 27.4 Å². The van der Waals surface area contributed by atoms with Crippen LogP contribution >= 0.6 is 11.8 Å². The number of benzene rings is 3. The standard InChI is InChI=1S/C29H25N3O5S/c1-34-23-10-6-7-11-24(23)36-14-15-37-25-13-12-19(17-26(25)35-2)16-21-27(30)32-22(20-8-4-3-5-9-20)18-38-29(32)31-28(21)33/h3-13,16-18,30H,14-15H2,1-2H3. The minimum absolute atomic E-state index is 0.0767. The summed E-state index contributed by atoms with van der Waals surface area (Å²) in [6.07, 6.45) is 1.65. The number of rotatable bonds is 9. The molecular formula is C29H25N3O5S. The van der Waals surface area contributed by atoms with E-state index in [4.69, 9.17) is 24.4 Å². The van der Waals surface area contributed by atoms with E-state index in [1.54, 1.807) is 43.4 Å². The normalized spacial score (nSPS) is 15.6. The van der Waals surface area contributed by atoms with Crippen LogP contribution in [0.5, 0.6) is 23.0 Å². The Morgan fingerprint density at radius 2 is 1.53 bits per heavy atom. The predicted octanol–water partition coefficient (Wildman–Crippen LogP) is 5.47. The highest BCUT2D eigenvalue weighted by Crippen LogP contribution is 2.38. The maximum Gasteiger partial charge on any atom is 0.283 e. The number of methoxy groups -OCH3 is 2. The van der Waals surface area contributed by atoms with E-state index in [2.05, 4.69) is 4.99 Å². The molecule has 2 aliphatic rings. The number of para-hydroxylation sites is 2. The van der Waals surface area contributed by atoms with Crippen molar-refractivity contribution in [1.29, 1.82) is 5.41 Å². The lowest BCUT2D eigenvalue weighted by atomic mass is 10.1. The Labute approximate surface area is 224 Å². The van der Waals surface area contributed by atoms with Crippen molar-refractivity contribution in [3.05, 3.63) is 94.9 Å². The number of carbonyl (C=O) groups is 1. The van der Waals surface area contributed by atoms with E-state index < -0.39 is 5.91 Å². The van der Waals surface area contributed by atoms with Crippen molar-refractivity contribution >= 4 is 40.4 Å².